The maximum Gasteiger partial charge on any atom is 0.314 e. The summed E-state index contributed by atoms with van der Waals surface area (Å²) < 4.78 is 56.8. The van der Waals surface area contributed by atoms with Crippen LogP contribution in [-0.4, -0.2) is 75.8 Å². The molecule has 0 aliphatic heterocycles. The number of benzene rings is 4. The van der Waals surface area contributed by atoms with Crippen molar-refractivity contribution in [1.82, 2.24) is 0 Å². The second kappa shape index (κ2) is 31.5. The minimum absolute atomic E-state index is 0.0829. The number of allylic oxidation sites excluding steroid dienone is 2. The molecule has 16 heteroatoms. The van der Waals surface area contributed by atoms with Gasteiger partial charge in [-0.1, -0.05) is 69.2 Å². The van der Waals surface area contributed by atoms with Crippen LogP contribution in [-0.2, 0) is 49.0 Å². The van der Waals surface area contributed by atoms with E-state index in [0.29, 0.717) is 70.0 Å². The van der Waals surface area contributed by atoms with Crippen LogP contribution in [0.1, 0.15) is 232 Å². The zero-order valence-electron chi connectivity index (χ0n) is 57.0. The molecule has 0 saturated carbocycles. The second-order valence-electron chi connectivity index (χ2n) is 28.1. The lowest BCUT2D eigenvalue weighted by atomic mass is 9.78. The standard InChI is InChI=1S/C37H52O8.C35H48O8/c1-14-41-30-26(19-20-29(38)24-15-17-25(18-16-24)42-22-44-32(39)36(8,9)10)31(43-23-45-33(40)37(11,12)13)28(35(5,6)7)21-27(30)34(2,3)4;1-12-39-30-26(17-18-29(36)24-13-15-25(16-14-24)40-20-42-32(37)34(6,7)8)31(41-21-43-33(38)35(9,10)11)28(23(4)5)19-27(30)22(2)3/h15-21H,14,22-23H2,1-13H3;13-19,22-23H,12,20-21H2,1-11H3/b20-19+;18-17+. The molecule has 0 radical (unpaired) electrons. The molecule has 0 aliphatic rings. The second-order valence-corrected chi connectivity index (χ2v) is 28.1. The fourth-order valence-corrected chi connectivity index (χ4v) is 7.97. The Morgan fingerprint density at radius 2 is 0.648 bits per heavy atom. The van der Waals surface area contributed by atoms with Crippen molar-refractivity contribution in [2.24, 2.45) is 21.7 Å². The summed E-state index contributed by atoms with van der Waals surface area (Å²) in [6, 6.07) is 17.3. The molecule has 4 aromatic rings. The van der Waals surface area contributed by atoms with Gasteiger partial charge in [0.25, 0.3) is 0 Å². The number of hydrogen-bond donors (Lipinski definition) is 0. The van der Waals surface area contributed by atoms with E-state index < -0.39 is 21.7 Å². The van der Waals surface area contributed by atoms with E-state index in [-0.39, 0.29) is 85.3 Å². The molecule has 4 aromatic carbocycles. The normalized spacial score (nSPS) is 12.3. The molecule has 0 amide bonds. The predicted molar refractivity (Wildman–Crippen MR) is 345 cm³/mol. The molecule has 0 aromatic heterocycles. The van der Waals surface area contributed by atoms with E-state index >= 15 is 0 Å². The lowest BCUT2D eigenvalue weighted by Gasteiger charge is -2.31. The molecule has 0 heterocycles. The van der Waals surface area contributed by atoms with Crippen molar-refractivity contribution in [2.45, 2.75) is 189 Å². The van der Waals surface area contributed by atoms with Crippen molar-refractivity contribution in [3.63, 3.8) is 0 Å². The largest absolute Gasteiger partial charge is 0.493 e. The number of ether oxygens (including phenoxy) is 10. The van der Waals surface area contributed by atoms with Crippen molar-refractivity contribution in [1.29, 1.82) is 0 Å². The third-order valence-corrected chi connectivity index (χ3v) is 13.2. The number of ketones is 2. The molecular formula is C72H100O16. The monoisotopic (exact) mass is 1220 g/mol. The molecule has 484 valence electrons. The van der Waals surface area contributed by atoms with Crippen LogP contribution < -0.4 is 28.4 Å². The van der Waals surface area contributed by atoms with E-state index in [0.717, 1.165) is 22.3 Å². The van der Waals surface area contributed by atoms with Crippen molar-refractivity contribution in [3.05, 3.63) is 117 Å². The van der Waals surface area contributed by atoms with E-state index in [1.54, 1.807) is 144 Å². The lowest BCUT2D eigenvalue weighted by molar-refractivity contribution is -0.160. The van der Waals surface area contributed by atoms with Crippen molar-refractivity contribution < 1.29 is 76.1 Å². The topological polar surface area (TPSA) is 195 Å². The molecule has 16 nitrogen and oxygen atoms in total. The summed E-state index contributed by atoms with van der Waals surface area (Å²) in [5.41, 5.74) is 2.60. The first-order valence-corrected chi connectivity index (χ1v) is 30.1. The van der Waals surface area contributed by atoms with E-state index in [4.69, 9.17) is 47.4 Å². The Hall–Kier alpha value is -7.62. The first-order chi connectivity index (χ1) is 40.5. The van der Waals surface area contributed by atoms with Gasteiger partial charge >= 0.3 is 23.9 Å². The molecule has 0 spiro atoms. The SMILES string of the molecule is CCOc1c(C(C)(C)C)cc(C(C)(C)C)c(OCOC(=O)C(C)(C)C)c1/C=C/C(=O)c1ccc(OCOC(=O)C(C)(C)C)cc1.CCOc1c(C(C)C)cc(C(C)C)c(OCOC(=O)C(C)(C)C)c1/C=C/C(=O)c1ccc(OCOC(=O)C(C)(C)C)cc1. The van der Waals surface area contributed by atoms with Crippen molar-refractivity contribution in [2.75, 3.05) is 40.4 Å². The van der Waals surface area contributed by atoms with E-state index in [1.165, 1.54) is 12.2 Å². The molecular weight excluding hydrogens is 1120 g/mol. The van der Waals surface area contributed by atoms with Crippen LogP contribution >= 0.6 is 0 Å². The lowest BCUT2D eigenvalue weighted by Crippen LogP contribution is -2.26. The van der Waals surface area contributed by atoms with Crippen molar-refractivity contribution >= 4 is 47.6 Å². The van der Waals surface area contributed by atoms with Gasteiger partial charge in [0.15, 0.2) is 11.6 Å². The number of carbonyl (C=O) groups excluding carboxylic acids is 6. The third-order valence-electron chi connectivity index (χ3n) is 13.2. The number of rotatable bonds is 24. The molecule has 0 N–H and O–H groups in total. The van der Waals surface area contributed by atoms with Crippen LogP contribution in [0.15, 0.2) is 72.8 Å². The van der Waals surface area contributed by atoms with Crippen LogP contribution in [0.5, 0.6) is 34.5 Å². The molecule has 4 rings (SSSR count). The Morgan fingerprint density at radius 3 is 0.943 bits per heavy atom. The highest BCUT2D eigenvalue weighted by Gasteiger charge is 2.33. The summed E-state index contributed by atoms with van der Waals surface area (Å²) in [7, 11) is 0. The summed E-state index contributed by atoms with van der Waals surface area (Å²) in [6.45, 7) is 45.7. The third kappa shape index (κ3) is 22.5. The maximum absolute atomic E-state index is 13.4. The van der Waals surface area contributed by atoms with Gasteiger partial charge in [-0.05, 0) is 216 Å². The van der Waals surface area contributed by atoms with Gasteiger partial charge < -0.3 is 47.4 Å². The minimum Gasteiger partial charge on any atom is -0.493 e. The Labute approximate surface area is 524 Å². The zero-order chi connectivity index (χ0) is 66.9. The highest BCUT2D eigenvalue weighted by atomic mass is 16.7. The van der Waals surface area contributed by atoms with Gasteiger partial charge in [0.05, 0.1) is 46.0 Å². The fourth-order valence-electron chi connectivity index (χ4n) is 7.97. The van der Waals surface area contributed by atoms with Gasteiger partial charge in [-0.3, -0.25) is 28.8 Å². The smallest absolute Gasteiger partial charge is 0.314 e. The summed E-state index contributed by atoms with van der Waals surface area (Å²) >= 11 is 0. The Kier molecular flexibility index (Phi) is 26.7. The minimum atomic E-state index is -0.685. The Morgan fingerprint density at radius 1 is 0.375 bits per heavy atom. The molecule has 88 heavy (non-hydrogen) atoms. The van der Waals surface area contributed by atoms with E-state index in [9.17, 15) is 28.8 Å². The summed E-state index contributed by atoms with van der Waals surface area (Å²) in [4.78, 5) is 75.3. The first-order valence-electron chi connectivity index (χ1n) is 30.1. The Bertz CT molecular complexity index is 3080. The number of esters is 4. The van der Waals surface area contributed by atoms with Gasteiger partial charge in [-0.2, -0.15) is 0 Å². The van der Waals surface area contributed by atoms with Crippen molar-refractivity contribution in [3.8, 4) is 34.5 Å². The van der Waals surface area contributed by atoms with Gasteiger partial charge in [-0.25, -0.2) is 0 Å². The van der Waals surface area contributed by atoms with E-state index in [2.05, 4.69) is 81.4 Å². The molecule has 0 aliphatic carbocycles. The van der Waals surface area contributed by atoms with Crippen LogP contribution in [0.25, 0.3) is 12.2 Å². The van der Waals surface area contributed by atoms with Crippen LogP contribution in [0.4, 0.5) is 0 Å². The zero-order valence-corrected chi connectivity index (χ0v) is 57.0. The maximum atomic E-state index is 13.4. The van der Waals surface area contributed by atoms with Gasteiger partial charge in [0.2, 0.25) is 27.2 Å². The summed E-state index contributed by atoms with van der Waals surface area (Å²) in [5, 5.41) is 0. The van der Waals surface area contributed by atoms with Gasteiger partial charge in [-0.15, -0.1) is 0 Å². The predicted octanol–water partition coefficient (Wildman–Crippen LogP) is 16.5. The van der Waals surface area contributed by atoms with Crippen LogP contribution in [0.2, 0.25) is 0 Å². The number of hydrogen-bond acceptors (Lipinski definition) is 16. The molecule has 0 atom stereocenters. The van der Waals surface area contributed by atoms with Gasteiger partial charge in [0, 0.05) is 22.3 Å². The number of carbonyl (C=O) groups is 6. The van der Waals surface area contributed by atoms with Crippen LogP contribution in [0, 0.1) is 21.7 Å². The highest BCUT2D eigenvalue weighted by molar-refractivity contribution is 6.08. The average molecular weight is 1220 g/mol. The Balaban J connectivity index is 0.000000461. The average Bonchev–Trinajstić information content (AvgIpc) is 1.23. The fraction of sp³-hybridized carbons (Fsp3) is 0.528. The van der Waals surface area contributed by atoms with Crippen LogP contribution in [0.3, 0.4) is 0 Å². The molecule has 0 bridgehead atoms. The molecule has 0 saturated heterocycles. The van der Waals surface area contributed by atoms with E-state index in [1.807, 2.05) is 13.8 Å². The molecule has 0 unspecified atom stereocenters. The highest BCUT2D eigenvalue weighted by Crippen LogP contribution is 2.47. The van der Waals surface area contributed by atoms with Gasteiger partial charge in [0.1, 0.15) is 34.5 Å². The quantitative estimate of drug-likeness (QED) is 0.0211. The summed E-state index contributed by atoms with van der Waals surface area (Å²) in [5.74, 6) is 1.38. The first kappa shape index (κ1) is 74.6. The summed E-state index contributed by atoms with van der Waals surface area (Å²) in [6.07, 6.45) is 6.35. The molecule has 0 fully saturated rings.